The van der Waals surface area contributed by atoms with E-state index in [0.29, 0.717) is 17.1 Å². The first-order valence-electron chi connectivity index (χ1n) is 6.52. The molecule has 0 bridgehead atoms. The second-order valence-electron chi connectivity index (χ2n) is 4.79. The lowest BCUT2D eigenvalue weighted by Crippen LogP contribution is -2.07. The summed E-state index contributed by atoms with van der Waals surface area (Å²) in [4.78, 5) is 0. The van der Waals surface area contributed by atoms with Crippen molar-refractivity contribution >= 4 is 5.69 Å². The van der Waals surface area contributed by atoms with E-state index in [9.17, 15) is 4.39 Å². The number of aromatic nitrogens is 4. The van der Waals surface area contributed by atoms with Crippen LogP contribution in [0.4, 0.5) is 10.1 Å². The largest absolute Gasteiger partial charge is 0.398 e. The molecule has 3 rings (SSSR count). The molecule has 21 heavy (non-hydrogen) atoms. The lowest BCUT2D eigenvalue weighted by molar-refractivity contribution is 0.579. The maximum atomic E-state index is 13.8. The van der Waals surface area contributed by atoms with Gasteiger partial charge >= 0.3 is 0 Å². The van der Waals surface area contributed by atoms with Gasteiger partial charge in [0.15, 0.2) is 5.82 Å². The number of rotatable bonds is 3. The summed E-state index contributed by atoms with van der Waals surface area (Å²) in [6.45, 7) is 2.17. The average Bonchev–Trinajstić information content (AvgIpc) is 2.92. The molecule has 3 aromatic rings. The number of nitrogens with zero attached hydrogens (tertiary/aromatic N) is 4. The Morgan fingerprint density at radius 3 is 2.76 bits per heavy atom. The topological polar surface area (TPSA) is 69.6 Å². The van der Waals surface area contributed by atoms with Crippen LogP contribution in [0.2, 0.25) is 0 Å². The van der Waals surface area contributed by atoms with Crippen LogP contribution in [0.1, 0.15) is 11.1 Å². The molecule has 0 atom stereocenters. The van der Waals surface area contributed by atoms with E-state index in [4.69, 9.17) is 5.73 Å². The van der Waals surface area contributed by atoms with Crippen molar-refractivity contribution in [2.24, 2.45) is 0 Å². The minimum atomic E-state index is -0.281. The van der Waals surface area contributed by atoms with Crippen LogP contribution in [0.5, 0.6) is 0 Å². The fourth-order valence-electron chi connectivity index (χ4n) is 2.17. The number of halogens is 1. The van der Waals surface area contributed by atoms with E-state index < -0.39 is 0 Å². The number of hydrogen-bond donors (Lipinski definition) is 1. The Morgan fingerprint density at radius 2 is 1.95 bits per heavy atom. The van der Waals surface area contributed by atoms with Crippen LogP contribution in [0.15, 0.2) is 42.5 Å². The third kappa shape index (κ3) is 2.47. The van der Waals surface area contributed by atoms with E-state index in [1.807, 2.05) is 25.1 Å². The second kappa shape index (κ2) is 5.32. The highest BCUT2D eigenvalue weighted by molar-refractivity contribution is 5.73. The molecule has 106 valence electrons. The predicted molar refractivity (Wildman–Crippen MR) is 77.9 cm³/mol. The number of para-hydroxylation sites is 1. The van der Waals surface area contributed by atoms with Crippen LogP contribution in [-0.4, -0.2) is 20.2 Å². The van der Waals surface area contributed by atoms with Crippen LogP contribution >= 0.6 is 0 Å². The molecule has 0 saturated heterocycles. The van der Waals surface area contributed by atoms with Gasteiger partial charge in [-0.05, 0) is 35.0 Å². The molecule has 2 N–H and O–H groups in total. The van der Waals surface area contributed by atoms with E-state index in [1.165, 1.54) is 6.07 Å². The van der Waals surface area contributed by atoms with Gasteiger partial charge in [0.05, 0.1) is 6.54 Å². The van der Waals surface area contributed by atoms with Gasteiger partial charge in [-0.3, -0.25) is 0 Å². The van der Waals surface area contributed by atoms with Crippen molar-refractivity contribution in [1.82, 2.24) is 20.2 Å². The molecular weight excluding hydrogens is 269 g/mol. The fourth-order valence-corrected chi connectivity index (χ4v) is 2.17. The van der Waals surface area contributed by atoms with Crippen LogP contribution < -0.4 is 5.73 Å². The lowest BCUT2D eigenvalue weighted by atomic mass is 10.1. The zero-order valence-electron chi connectivity index (χ0n) is 11.5. The first kappa shape index (κ1) is 13.2. The molecule has 0 spiro atoms. The van der Waals surface area contributed by atoms with E-state index in [1.54, 1.807) is 22.9 Å². The maximum absolute atomic E-state index is 13.8. The third-order valence-corrected chi connectivity index (χ3v) is 3.37. The van der Waals surface area contributed by atoms with Gasteiger partial charge in [-0.2, -0.15) is 0 Å². The van der Waals surface area contributed by atoms with Crippen molar-refractivity contribution in [2.45, 2.75) is 13.5 Å². The monoisotopic (exact) mass is 283 g/mol. The summed E-state index contributed by atoms with van der Waals surface area (Å²) in [6.07, 6.45) is 0. The van der Waals surface area contributed by atoms with Crippen molar-refractivity contribution in [1.29, 1.82) is 0 Å². The zero-order chi connectivity index (χ0) is 14.8. The van der Waals surface area contributed by atoms with Gasteiger partial charge in [0.25, 0.3) is 0 Å². The van der Waals surface area contributed by atoms with Crippen LogP contribution in [-0.2, 0) is 6.54 Å². The van der Waals surface area contributed by atoms with Crippen LogP contribution in [0, 0.1) is 12.7 Å². The summed E-state index contributed by atoms with van der Waals surface area (Å²) >= 11 is 0. The van der Waals surface area contributed by atoms with E-state index in [2.05, 4.69) is 15.5 Å². The van der Waals surface area contributed by atoms with Gasteiger partial charge in [-0.25, -0.2) is 9.07 Å². The Morgan fingerprint density at radius 1 is 1.14 bits per heavy atom. The highest BCUT2D eigenvalue weighted by Gasteiger charge is 2.14. The highest BCUT2D eigenvalue weighted by Crippen LogP contribution is 2.26. The number of nitrogens with two attached hydrogens (primary N) is 1. The molecule has 5 nitrogen and oxygen atoms in total. The molecule has 0 aliphatic rings. The normalized spacial score (nSPS) is 10.8. The third-order valence-electron chi connectivity index (χ3n) is 3.37. The standard InChI is InChI=1S/C15H14FN5/c1-10-5-4-7-12(14(10)17)15-18-19-20-21(15)9-11-6-2-3-8-13(11)16/h2-8H,9,17H2,1H3. The Kier molecular flexibility index (Phi) is 3.35. The minimum Gasteiger partial charge on any atom is -0.398 e. The first-order chi connectivity index (χ1) is 10.2. The number of nitrogen functional groups attached to an aromatic ring is 1. The van der Waals surface area contributed by atoms with Gasteiger partial charge in [0, 0.05) is 16.8 Å². The minimum absolute atomic E-state index is 0.252. The Bertz CT molecular complexity index is 781. The SMILES string of the molecule is Cc1cccc(-c2nnnn2Cc2ccccc2F)c1N. The summed E-state index contributed by atoms with van der Waals surface area (Å²) in [5.74, 6) is 0.246. The molecule has 0 radical (unpaired) electrons. The van der Waals surface area contributed by atoms with E-state index >= 15 is 0 Å². The van der Waals surface area contributed by atoms with Gasteiger partial charge in [-0.15, -0.1) is 5.10 Å². The molecule has 0 aliphatic heterocycles. The predicted octanol–water partition coefficient (Wildman–Crippen LogP) is 2.42. The number of anilines is 1. The van der Waals surface area contributed by atoms with Crippen molar-refractivity contribution in [2.75, 3.05) is 5.73 Å². The Hall–Kier alpha value is -2.76. The molecule has 6 heteroatoms. The molecule has 1 heterocycles. The summed E-state index contributed by atoms with van der Waals surface area (Å²) in [7, 11) is 0. The molecule has 2 aromatic carbocycles. The number of tetrazole rings is 1. The maximum Gasteiger partial charge on any atom is 0.184 e. The second-order valence-corrected chi connectivity index (χ2v) is 4.79. The van der Waals surface area contributed by atoms with Crippen LogP contribution in [0.25, 0.3) is 11.4 Å². The van der Waals surface area contributed by atoms with Crippen molar-refractivity contribution in [3.63, 3.8) is 0 Å². The molecule has 0 saturated carbocycles. The first-order valence-corrected chi connectivity index (χ1v) is 6.52. The van der Waals surface area contributed by atoms with Gasteiger partial charge in [0.1, 0.15) is 5.82 Å². The summed E-state index contributed by atoms with van der Waals surface area (Å²) in [5, 5.41) is 11.6. The van der Waals surface area contributed by atoms with Gasteiger partial charge in [-0.1, -0.05) is 30.3 Å². The fraction of sp³-hybridized carbons (Fsp3) is 0.133. The molecule has 0 fully saturated rings. The van der Waals surface area contributed by atoms with Crippen molar-refractivity contribution in [3.05, 3.63) is 59.4 Å². The summed E-state index contributed by atoms with van der Waals surface area (Å²) < 4.78 is 15.3. The number of benzene rings is 2. The average molecular weight is 283 g/mol. The molecule has 1 aromatic heterocycles. The van der Waals surface area contributed by atoms with Crippen molar-refractivity contribution in [3.8, 4) is 11.4 Å². The van der Waals surface area contributed by atoms with Crippen molar-refractivity contribution < 1.29 is 4.39 Å². The van der Waals surface area contributed by atoms with Gasteiger partial charge < -0.3 is 5.73 Å². The summed E-state index contributed by atoms with van der Waals surface area (Å²) in [6, 6.07) is 12.2. The Balaban J connectivity index is 2.02. The van der Waals surface area contributed by atoms with Crippen LogP contribution in [0.3, 0.4) is 0 Å². The molecule has 0 aliphatic carbocycles. The Labute approximate surface area is 121 Å². The summed E-state index contributed by atoms with van der Waals surface area (Å²) in [5.41, 5.74) is 8.93. The zero-order valence-corrected chi connectivity index (χ0v) is 11.5. The van der Waals surface area contributed by atoms with E-state index in [-0.39, 0.29) is 12.4 Å². The highest BCUT2D eigenvalue weighted by atomic mass is 19.1. The smallest absolute Gasteiger partial charge is 0.184 e. The molecular formula is C15H14FN5. The lowest BCUT2D eigenvalue weighted by Gasteiger charge is -2.09. The quantitative estimate of drug-likeness (QED) is 0.749. The molecule has 0 unspecified atom stereocenters. The number of aryl methyl sites for hydroxylation is 1. The number of hydrogen-bond acceptors (Lipinski definition) is 4. The van der Waals surface area contributed by atoms with Gasteiger partial charge in [0.2, 0.25) is 0 Å². The van der Waals surface area contributed by atoms with E-state index in [0.717, 1.165) is 11.1 Å². The molecule has 0 amide bonds.